The van der Waals surface area contributed by atoms with Crippen molar-refractivity contribution in [1.29, 1.82) is 0 Å². The Kier molecular flexibility index (Phi) is 9.36. The lowest BCUT2D eigenvalue weighted by atomic mass is 9.65. The van der Waals surface area contributed by atoms with Gasteiger partial charge in [0.2, 0.25) is 0 Å². The fourth-order valence-corrected chi connectivity index (χ4v) is 6.17. The number of esters is 1. The lowest BCUT2D eigenvalue weighted by Crippen LogP contribution is -2.40. The highest BCUT2D eigenvalue weighted by molar-refractivity contribution is 5.83. The van der Waals surface area contributed by atoms with Crippen molar-refractivity contribution in [2.24, 2.45) is 11.8 Å². The van der Waals surface area contributed by atoms with Gasteiger partial charge in [0.25, 0.3) is 0 Å². The molecule has 1 N–H and O–H groups in total. The molecule has 3 heteroatoms. The summed E-state index contributed by atoms with van der Waals surface area (Å²) in [6.45, 7) is 7.64. The number of hydrogen-bond donors (Lipinski definition) is 1. The van der Waals surface area contributed by atoms with Crippen molar-refractivity contribution in [3.63, 3.8) is 0 Å². The molecule has 0 saturated heterocycles. The van der Waals surface area contributed by atoms with E-state index in [9.17, 15) is 4.79 Å². The van der Waals surface area contributed by atoms with Gasteiger partial charge in [-0.1, -0.05) is 136 Å². The molecule has 4 atom stereocenters. The largest absolute Gasteiger partial charge is 0.462 e. The summed E-state index contributed by atoms with van der Waals surface area (Å²) in [7, 11) is 0. The number of hydrogen-bond acceptors (Lipinski definition) is 3. The zero-order chi connectivity index (χ0) is 28.7. The summed E-state index contributed by atoms with van der Waals surface area (Å²) >= 11 is 0. The predicted octanol–water partition coefficient (Wildman–Crippen LogP) is 8.73. The van der Waals surface area contributed by atoms with Gasteiger partial charge in [-0.2, -0.15) is 0 Å². The van der Waals surface area contributed by atoms with Gasteiger partial charge in [0, 0.05) is 12.6 Å². The van der Waals surface area contributed by atoms with Crippen LogP contribution in [0.2, 0.25) is 0 Å². The first-order valence-corrected chi connectivity index (χ1v) is 15.1. The highest BCUT2D eigenvalue weighted by Gasteiger charge is 2.39. The van der Waals surface area contributed by atoms with Gasteiger partial charge < -0.3 is 10.1 Å². The van der Waals surface area contributed by atoms with Crippen LogP contribution in [-0.4, -0.2) is 18.1 Å². The van der Waals surface area contributed by atoms with E-state index in [1.165, 1.54) is 21.9 Å². The van der Waals surface area contributed by atoms with E-state index in [2.05, 4.69) is 105 Å². The van der Waals surface area contributed by atoms with Crippen LogP contribution in [0, 0.1) is 11.8 Å². The van der Waals surface area contributed by atoms with E-state index in [0.717, 1.165) is 24.8 Å². The molecule has 5 rings (SSSR count). The number of fused-ring (bicyclic) bond motifs is 1. The van der Waals surface area contributed by atoms with Crippen molar-refractivity contribution in [1.82, 2.24) is 5.32 Å². The molecular weight excluding hydrogens is 502 g/mol. The molecule has 212 valence electrons. The van der Waals surface area contributed by atoms with E-state index in [0.29, 0.717) is 24.8 Å². The first-order valence-electron chi connectivity index (χ1n) is 15.1. The molecule has 4 aromatic rings. The maximum Gasteiger partial charge on any atom is 0.307 e. The second-order valence-corrected chi connectivity index (χ2v) is 12.2. The highest BCUT2D eigenvalue weighted by atomic mass is 16.5. The maximum atomic E-state index is 13.4. The lowest BCUT2D eigenvalue weighted by molar-refractivity contribution is -0.155. The summed E-state index contributed by atoms with van der Waals surface area (Å²) in [6, 6.07) is 35.8. The molecule has 0 radical (unpaired) electrons. The Balaban J connectivity index is 1.25. The standard InChI is InChI=1S/C38H43NO2/c1-28-18-21-34(38(2,3)33-22-20-31-16-10-11-17-32(31)24-33)25-36(28)41-37(40)26-35(23-19-29-12-6-4-7-13-29)39-27-30-14-8-5-9-15-30/h4-17,19-20,22-24,28,34-36,39H,18,21,25-27H2,1-3H3/b23-19+/t28-,34+,35-,36+/m0/s1. The van der Waals surface area contributed by atoms with Crippen LogP contribution in [0.15, 0.2) is 109 Å². The van der Waals surface area contributed by atoms with Crippen molar-refractivity contribution in [2.75, 3.05) is 0 Å². The monoisotopic (exact) mass is 545 g/mol. The van der Waals surface area contributed by atoms with Crippen LogP contribution in [0.5, 0.6) is 0 Å². The second-order valence-electron chi connectivity index (χ2n) is 12.2. The molecule has 0 aliphatic heterocycles. The average molecular weight is 546 g/mol. The Morgan fingerprint density at radius 1 is 0.902 bits per heavy atom. The fourth-order valence-electron chi connectivity index (χ4n) is 6.17. The van der Waals surface area contributed by atoms with Crippen molar-refractivity contribution in [3.8, 4) is 0 Å². The molecule has 3 nitrogen and oxygen atoms in total. The third-order valence-corrected chi connectivity index (χ3v) is 9.04. The Morgan fingerprint density at radius 2 is 1.59 bits per heavy atom. The molecule has 0 heterocycles. The van der Waals surface area contributed by atoms with E-state index in [1.54, 1.807) is 0 Å². The highest BCUT2D eigenvalue weighted by Crippen LogP contribution is 2.43. The number of rotatable bonds is 10. The minimum atomic E-state index is -0.130. The second kappa shape index (κ2) is 13.3. The Hall–Kier alpha value is -3.69. The van der Waals surface area contributed by atoms with Crippen molar-refractivity contribution in [3.05, 3.63) is 126 Å². The third-order valence-electron chi connectivity index (χ3n) is 9.04. The zero-order valence-electron chi connectivity index (χ0n) is 24.6. The first kappa shape index (κ1) is 28.8. The molecule has 0 spiro atoms. The Labute approximate surface area is 245 Å². The molecule has 0 unspecified atom stereocenters. The molecule has 4 aromatic carbocycles. The molecule has 41 heavy (non-hydrogen) atoms. The quantitative estimate of drug-likeness (QED) is 0.203. The van der Waals surface area contributed by atoms with E-state index in [4.69, 9.17) is 4.74 Å². The van der Waals surface area contributed by atoms with Crippen LogP contribution in [0.4, 0.5) is 0 Å². The van der Waals surface area contributed by atoms with Crippen LogP contribution in [0.1, 0.15) is 63.1 Å². The van der Waals surface area contributed by atoms with Gasteiger partial charge in [-0.25, -0.2) is 0 Å². The topological polar surface area (TPSA) is 38.3 Å². The average Bonchev–Trinajstić information content (AvgIpc) is 3.00. The SMILES string of the molecule is C[C@H]1CC[C@@H](C(C)(C)c2ccc3ccccc3c2)C[C@H]1OC(=O)C[C@H](/C=C/c1ccccc1)NCc1ccccc1. The van der Waals surface area contributed by atoms with Gasteiger partial charge in [0.1, 0.15) is 6.10 Å². The fraction of sp³-hybridized carbons (Fsp3) is 0.342. The third kappa shape index (κ3) is 7.54. The van der Waals surface area contributed by atoms with Gasteiger partial charge in [-0.15, -0.1) is 0 Å². The maximum absolute atomic E-state index is 13.4. The smallest absolute Gasteiger partial charge is 0.307 e. The van der Waals surface area contributed by atoms with Gasteiger partial charge in [-0.05, 0) is 64.0 Å². The van der Waals surface area contributed by atoms with Gasteiger partial charge >= 0.3 is 5.97 Å². The van der Waals surface area contributed by atoms with Gasteiger partial charge in [-0.3, -0.25) is 4.79 Å². The van der Waals surface area contributed by atoms with E-state index in [1.807, 2.05) is 36.4 Å². The molecule has 0 bridgehead atoms. The van der Waals surface area contributed by atoms with Gasteiger partial charge in [0.15, 0.2) is 0 Å². The summed E-state index contributed by atoms with van der Waals surface area (Å²) < 4.78 is 6.26. The van der Waals surface area contributed by atoms with Crippen LogP contribution >= 0.6 is 0 Å². The normalized spacial score (nSPS) is 20.2. The van der Waals surface area contributed by atoms with E-state index < -0.39 is 0 Å². The van der Waals surface area contributed by atoms with Gasteiger partial charge in [0.05, 0.1) is 6.42 Å². The van der Waals surface area contributed by atoms with Crippen molar-refractivity contribution >= 4 is 22.8 Å². The Morgan fingerprint density at radius 3 is 2.34 bits per heavy atom. The van der Waals surface area contributed by atoms with Crippen LogP contribution < -0.4 is 5.32 Å². The number of ether oxygens (including phenoxy) is 1. The first-order chi connectivity index (χ1) is 19.9. The molecule has 0 aromatic heterocycles. The Bertz CT molecular complexity index is 1440. The van der Waals surface area contributed by atoms with E-state index >= 15 is 0 Å². The summed E-state index contributed by atoms with van der Waals surface area (Å²) in [5, 5.41) is 6.12. The van der Waals surface area contributed by atoms with E-state index in [-0.39, 0.29) is 23.5 Å². The number of carbonyl (C=O) groups is 1. The van der Waals surface area contributed by atoms with Crippen LogP contribution in [0.25, 0.3) is 16.8 Å². The lowest BCUT2D eigenvalue weighted by Gasteiger charge is -2.42. The minimum absolute atomic E-state index is 0.00692. The van der Waals surface area contributed by atoms with Crippen molar-refractivity contribution < 1.29 is 9.53 Å². The van der Waals surface area contributed by atoms with Crippen LogP contribution in [0.3, 0.4) is 0 Å². The molecule has 1 aliphatic carbocycles. The summed E-state index contributed by atoms with van der Waals surface area (Å²) in [5.74, 6) is 0.676. The summed E-state index contributed by atoms with van der Waals surface area (Å²) in [6.07, 6.45) is 7.54. The molecule has 1 aliphatic rings. The molecule has 1 fully saturated rings. The minimum Gasteiger partial charge on any atom is -0.462 e. The summed E-state index contributed by atoms with van der Waals surface area (Å²) in [5.41, 5.74) is 3.66. The summed E-state index contributed by atoms with van der Waals surface area (Å²) in [4.78, 5) is 13.4. The number of benzene rings is 4. The predicted molar refractivity (Wildman–Crippen MR) is 171 cm³/mol. The van der Waals surface area contributed by atoms with Crippen molar-refractivity contribution in [2.45, 2.75) is 70.6 Å². The van der Waals surface area contributed by atoms with Crippen LogP contribution in [-0.2, 0) is 21.5 Å². The molecular formula is C38H43NO2. The number of nitrogens with one attached hydrogen (secondary N) is 1. The molecule has 1 saturated carbocycles. The molecule has 0 amide bonds. The number of carbonyl (C=O) groups excluding carboxylic acids is 1. The zero-order valence-corrected chi connectivity index (χ0v) is 24.6.